The van der Waals surface area contributed by atoms with E-state index >= 15 is 0 Å². The second-order valence-corrected chi connectivity index (χ2v) is 7.53. The molecule has 0 saturated heterocycles. The first-order chi connectivity index (χ1) is 13.8. The number of benzene rings is 2. The van der Waals surface area contributed by atoms with E-state index in [4.69, 9.17) is 9.47 Å². The lowest BCUT2D eigenvalue weighted by molar-refractivity contribution is 0.404. The zero-order valence-corrected chi connectivity index (χ0v) is 16.7. The van der Waals surface area contributed by atoms with E-state index in [1.165, 1.54) is 23.1 Å². The molecule has 0 radical (unpaired) electrons. The molecule has 0 spiro atoms. The van der Waals surface area contributed by atoms with Crippen molar-refractivity contribution >= 4 is 0 Å². The van der Waals surface area contributed by atoms with Crippen molar-refractivity contribution in [2.24, 2.45) is 0 Å². The van der Waals surface area contributed by atoms with Crippen LogP contribution in [0, 0.1) is 0 Å². The number of hydrogen-bond acceptors (Lipinski definition) is 3. The van der Waals surface area contributed by atoms with Gasteiger partial charge in [-0.2, -0.15) is 0 Å². The smallest absolute Gasteiger partial charge is 0.119 e. The molecule has 1 heterocycles. The zero-order chi connectivity index (χ0) is 19.3. The standard InChI is InChI=1S/C24H28N2O2/c1-27-20-8-5-18(6-9-20)22-11-7-19-16-21(28-2)10-12-23(19)24(22)4-3-14-26-15-13-25-17-26/h5-6,8-10,12-13,15-17,22,24H,3-4,7,11,14H2,1-2H3. The van der Waals surface area contributed by atoms with Crippen LogP contribution in [0.5, 0.6) is 11.5 Å². The Hall–Kier alpha value is -2.75. The minimum absolute atomic E-state index is 0.520. The third-order valence-corrected chi connectivity index (χ3v) is 5.99. The fraction of sp³-hybridized carbons (Fsp3) is 0.375. The Balaban J connectivity index is 1.59. The molecule has 0 fully saturated rings. The number of imidazole rings is 1. The van der Waals surface area contributed by atoms with Gasteiger partial charge in [-0.15, -0.1) is 0 Å². The van der Waals surface area contributed by atoms with Crippen molar-refractivity contribution in [2.45, 2.75) is 44.1 Å². The van der Waals surface area contributed by atoms with Crippen molar-refractivity contribution in [1.29, 1.82) is 0 Å². The fourth-order valence-corrected chi connectivity index (χ4v) is 4.54. The minimum atomic E-state index is 0.520. The molecule has 3 aromatic rings. The molecule has 146 valence electrons. The molecule has 1 aliphatic carbocycles. The summed E-state index contributed by atoms with van der Waals surface area (Å²) in [6, 6.07) is 15.3. The summed E-state index contributed by atoms with van der Waals surface area (Å²) in [5, 5.41) is 0. The molecule has 2 atom stereocenters. The first-order valence-electron chi connectivity index (χ1n) is 10.0. The quantitative estimate of drug-likeness (QED) is 0.569. The van der Waals surface area contributed by atoms with E-state index in [0.29, 0.717) is 11.8 Å². The van der Waals surface area contributed by atoms with Crippen molar-refractivity contribution in [2.75, 3.05) is 14.2 Å². The first-order valence-corrected chi connectivity index (χ1v) is 10.0. The molecule has 1 aliphatic rings. The van der Waals surface area contributed by atoms with Gasteiger partial charge in [0, 0.05) is 18.9 Å². The van der Waals surface area contributed by atoms with Crippen LogP contribution in [0.4, 0.5) is 0 Å². The van der Waals surface area contributed by atoms with Gasteiger partial charge in [0.05, 0.1) is 20.5 Å². The van der Waals surface area contributed by atoms with Gasteiger partial charge in [0.1, 0.15) is 11.5 Å². The molecule has 4 nitrogen and oxygen atoms in total. The van der Waals surface area contributed by atoms with Gasteiger partial charge in [-0.3, -0.25) is 0 Å². The molecule has 0 amide bonds. The van der Waals surface area contributed by atoms with Crippen molar-refractivity contribution in [3.8, 4) is 11.5 Å². The average Bonchev–Trinajstić information content (AvgIpc) is 3.27. The lowest BCUT2D eigenvalue weighted by Crippen LogP contribution is -2.20. The molecule has 1 aromatic heterocycles. The predicted molar refractivity (Wildman–Crippen MR) is 111 cm³/mol. The van der Waals surface area contributed by atoms with Crippen LogP contribution in [0.15, 0.2) is 61.2 Å². The number of aromatic nitrogens is 2. The summed E-state index contributed by atoms with van der Waals surface area (Å²) in [7, 11) is 3.46. The summed E-state index contributed by atoms with van der Waals surface area (Å²) < 4.78 is 13.0. The van der Waals surface area contributed by atoms with Crippen molar-refractivity contribution in [3.63, 3.8) is 0 Å². The molecule has 4 heteroatoms. The topological polar surface area (TPSA) is 36.3 Å². The first kappa shape index (κ1) is 18.6. The second-order valence-electron chi connectivity index (χ2n) is 7.53. The molecule has 2 unspecified atom stereocenters. The van der Waals surface area contributed by atoms with Crippen LogP contribution in [0.25, 0.3) is 0 Å². The molecule has 4 rings (SSSR count). The van der Waals surface area contributed by atoms with Crippen LogP contribution < -0.4 is 9.47 Å². The average molecular weight is 377 g/mol. The number of ether oxygens (including phenoxy) is 2. The zero-order valence-electron chi connectivity index (χ0n) is 16.7. The molecule has 0 bridgehead atoms. The van der Waals surface area contributed by atoms with E-state index < -0.39 is 0 Å². The summed E-state index contributed by atoms with van der Waals surface area (Å²) in [5.74, 6) is 2.93. The van der Waals surface area contributed by atoms with E-state index in [-0.39, 0.29) is 0 Å². The van der Waals surface area contributed by atoms with Crippen LogP contribution in [-0.4, -0.2) is 23.8 Å². The molecule has 0 saturated carbocycles. The lowest BCUT2D eigenvalue weighted by Gasteiger charge is -2.34. The molecule has 28 heavy (non-hydrogen) atoms. The summed E-state index contributed by atoms with van der Waals surface area (Å²) in [6.45, 7) is 1.01. The maximum absolute atomic E-state index is 5.46. The van der Waals surface area contributed by atoms with E-state index in [0.717, 1.165) is 37.3 Å². The fourth-order valence-electron chi connectivity index (χ4n) is 4.54. The van der Waals surface area contributed by atoms with Gasteiger partial charge in [0.25, 0.3) is 0 Å². The van der Waals surface area contributed by atoms with Crippen LogP contribution in [-0.2, 0) is 13.0 Å². The Morgan fingerprint density at radius 2 is 1.82 bits per heavy atom. The Morgan fingerprint density at radius 3 is 2.54 bits per heavy atom. The van der Waals surface area contributed by atoms with Gasteiger partial charge in [-0.25, -0.2) is 4.98 Å². The van der Waals surface area contributed by atoms with Gasteiger partial charge in [0.2, 0.25) is 0 Å². The summed E-state index contributed by atoms with van der Waals surface area (Å²) in [6.07, 6.45) is 10.4. The third-order valence-electron chi connectivity index (χ3n) is 5.99. The maximum Gasteiger partial charge on any atom is 0.119 e. The Morgan fingerprint density at radius 1 is 1.04 bits per heavy atom. The van der Waals surface area contributed by atoms with Crippen LogP contribution in [0.2, 0.25) is 0 Å². The van der Waals surface area contributed by atoms with Crippen LogP contribution in [0.1, 0.15) is 47.8 Å². The summed E-state index contributed by atoms with van der Waals surface area (Å²) in [4.78, 5) is 4.16. The third kappa shape index (κ3) is 3.91. The van der Waals surface area contributed by atoms with Gasteiger partial charge in [-0.05, 0) is 78.5 Å². The van der Waals surface area contributed by atoms with Gasteiger partial charge < -0.3 is 14.0 Å². The van der Waals surface area contributed by atoms with E-state index in [2.05, 4.69) is 52.0 Å². The Kier molecular flexibility index (Phi) is 5.65. The van der Waals surface area contributed by atoms with Crippen molar-refractivity contribution < 1.29 is 9.47 Å². The van der Waals surface area contributed by atoms with Gasteiger partial charge >= 0.3 is 0 Å². The minimum Gasteiger partial charge on any atom is -0.497 e. The highest BCUT2D eigenvalue weighted by molar-refractivity contribution is 5.43. The number of aryl methyl sites for hydroxylation is 2. The highest BCUT2D eigenvalue weighted by Crippen LogP contribution is 2.46. The molecule has 0 N–H and O–H groups in total. The van der Waals surface area contributed by atoms with E-state index in [1.54, 1.807) is 14.2 Å². The lowest BCUT2D eigenvalue weighted by atomic mass is 9.70. The maximum atomic E-state index is 5.46. The normalized spacial score (nSPS) is 18.5. The second kappa shape index (κ2) is 8.51. The number of fused-ring (bicyclic) bond motifs is 1. The van der Waals surface area contributed by atoms with Crippen molar-refractivity contribution in [1.82, 2.24) is 9.55 Å². The SMILES string of the molecule is COc1ccc(C2CCc3cc(OC)ccc3C2CCCn2ccnc2)cc1. The number of rotatable bonds is 7. The van der Waals surface area contributed by atoms with Gasteiger partial charge in [-0.1, -0.05) is 18.2 Å². The number of methoxy groups -OCH3 is 2. The molecular weight excluding hydrogens is 348 g/mol. The highest BCUT2D eigenvalue weighted by Gasteiger charge is 2.30. The predicted octanol–water partition coefficient (Wildman–Crippen LogP) is 5.19. The van der Waals surface area contributed by atoms with Crippen LogP contribution in [0.3, 0.4) is 0 Å². The molecule has 2 aromatic carbocycles. The van der Waals surface area contributed by atoms with E-state index in [1.807, 2.05) is 18.7 Å². The van der Waals surface area contributed by atoms with Crippen LogP contribution >= 0.6 is 0 Å². The van der Waals surface area contributed by atoms with E-state index in [9.17, 15) is 0 Å². The highest BCUT2D eigenvalue weighted by atomic mass is 16.5. The van der Waals surface area contributed by atoms with Gasteiger partial charge in [0.15, 0.2) is 0 Å². The summed E-state index contributed by atoms with van der Waals surface area (Å²) >= 11 is 0. The molecule has 0 aliphatic heterocycles. The Labute approximate surface area is 167 Å². The molecular formula is C24H28N2O2. The number of nitrogens with zero attached hydrogens (tertiary/aromatic N) is 2. The largest absolute Gasteiger partial charge is 0.497 e. The Bertz CT molecular complexity index is 887. The monoisotopic (exact) mass is 376 g/mol. The van der Waals surface area contributed by atoms with Crippen molar-refractivity contribution in [3.05, 3.63) is 77.9 Å². The number of hydrogen-bond donors (Lipinski definition) is 0. The summed E-state index contributed by atoms with van der Waals surface area (Å²) in [5.41, 5.74) is 4.34.